The Kier molecular flexibility index (Phi) is 4.59. The number of piperidine rings is 1. The lowest BCUT2D eigenvalue weighted by Crippen LogP contribution is -2.31. The summed E-state index contributed by atoms with van der Waals surface area (Å²) < 4.78 is 34.4. The van der Waals surface area contributed by atoms with Crippen LogP contribution in [0, 0.1) is 28.2 Å². The van der Waals surface area contributed by atoms with E-state index in [1.807, 2.05) is 6.42 Å². The Morgan fingerprint density at radius 1 is 1.21 bits per heavy atom. The Labute approximate surface area is 137 Å². The molecule has 0 atom stereocenters. The van der Waals surface area contributed by atoms with Gasteiger partial charge in [-0.2, -0.15) is 0 Å². The van der Waals surface area contributed by atoms with Gasteiger partial charge in [-0.15, -0.1) is 0 Å². The standard InChI is InChI=1S/C17H15F2N2O3/c18-13-11-14(21(22)23)16(20-9-5-2-6-10-20)15(19)17(13)24-12-7-3-1-4-8-12/h1,3-5,7-8,11H,2,6,9-10H2. The maximum absolute atomic E-state index is 14.9. The van der Waals surface area contributed by atoms with Crippen molar-refractivity contribution < 1.29 is 18.4 Å². The third kappa shape index (κ3) is 3.15. The highest BCUT2D eigenvalue weighted by atomic mass is 19.1. The molecule has 1 fully saturated rings. The first kappa shape index (κ1) is 16.2. The Morgan fingerprint density at radius 3 is 2.58 bits per heavy atom. The third-order valence-corrected chi connectivity index (χ3v) is 3.79. The van der Waals surface area contributed by atoms with Crippen LogP contribution >= 0.6 is 0 Å². The molecule has 1 saturated heterocycles. The molecule has 7 heteroatoms. The van der Waals surface area contributed by atoms with Crippen molar-refractivity contribution >= 4 is 11.4 Å². The van der Waals surface area contributed by atoms with Gasteiger partial charge in [0.25, 0.3) is 5.69 Å². The molecule has 1 aliphatic heterocycles. The SMILES string of the molecule is O=[N+]([O-])c1cc(F)c(Oc2ccccc2)c(F)c1N1C[CH]CCC1. The van der Waals surface area contributed by atoms with Gasteiger partial charge in [0.15, 0.2) is 17.3 Å². The summed E-state index contributed by atoms with van der Waals surface area (Å²) in [6.07, 6.45) is 3.52. The third-order valence-electron chi connectivity index (χ3n) is 3.79. The van der Waals surface area contributed by atoms with Crippen LogP contribution in [0.5, 0.6) is 11.5 Å². The van der Waals surface area contributed by atoms with Crippen molar-refractivity contribution in [3.05, 3.63) is 64.6 Å². The summed E-state index contributed by atoms with van der Waals surface area (Å²) in [4.78, 5) is 12.0. The molecule has 0 spiro atoms. The molecule has 0 N–H and O–H groups in total. The molecule has 2 aromatic rings. The molecule has 5 nitrogen and oxygen atoms in total. The number of para-hydroxylation sites is 1. The number of halogens is 2. The Bertz CT molecular complexity index is 747. The zero-order chi connectivity index (χ0) is 17.1. The summed E-state index contributed by atoms with van der Waals surface area (Å²) in [5.74, 6) is -2.54. The van der Waals surface area contributed by atoms with Crippen LogP contribution in [-0.2, 0) is 0 Å². The van der Waals surface area contributed by atoms with Crippen molar-refractivity contribution in [2.45, 2.75) is 12.8 Å². The van der Waals surface area contributed by atoms with Gasteiger partial charge in [-0.25, -0.2) is 8.78 Å². The first-order valence-electron chi connectivity index (χ1n) is 7.54. The predicted octanol–water partition coefficient (Wildman–Crippen LogP) is 4.47. The number of nitro benzene ring substituents is 1. The fourth-order valence-corrected chi connectivity index (χ4v) is 2.69. The zero-order valence-corrected chi connectivity index (χ0v) is 12.7. The number of hydrogen-bond donors (Lipinski definition) is 0. The molecule has 0 aliphatic carbocycles. The molecule has 1 aliphatic rings. The van der Waals surface area contributed by atoms with E-state index in [9.17, 15) is 18.9 Å². The monoisotopic (exact) mass is 333 g/mol. The smallest absolute Gasteiger partial charge is 0.298 e. The van der Waals surface area contributed by atoms with Crippen molar-refractivity contribution in [3.63, 3.8) is 0 Å². The van der Waals surface area contributed by atoms with Crippen LogP contribution in [0.2, 0.25) is 0 Å². The average molecular weight is 333 g/mol. The van der Waals surface area contributed by atoms with Gasteiger partial charge in [0.1, 0.15) is 5.75 Å². The van der Waals surface area contributed by atoms with Crippen LogP contribution in [0.15, 0.2) is 36.4 Å². The molecular formula is C17H15F2N2O3. The first-order chi connectivity index (χ1) is 11.6. The van der Waals surface area contributed by atoms with E-state index in [0.717, 1.165) is 12.8 Å². The highest BCUT2D eigenvalue weighted by Gasteiger charge is 2.31. The summed E-state index contributed by atoms with van der Waals surface area (Å²) in [6, 6.07) is 8.88. The Morgan fingerprint density at radius 2 is 1.96 bits per heavy atom. The fraction of sp³-hybridized carbons (Fsp3) is 0.235. The van der Waals surface area contributed by atoms with Gasteiger partial charge in [0.05, 0.1) is 11.0 Å². The van der Waals surface area contributed by atoms with Crippen molar-refractivity contribution in [2.24, 2.45) is 0 Å². The van der Waals surface area contributed by atoms with E-state index in [2.05, 4.69) is 0 Å². The minimum Gasteiger partial charge on any atom is -0.451 e. The minimum absolute atomic E-state index is 0.233. The van der Waals surface area contributed by atoms with Crippen LogP contribution < -0.4 is 9.64 Å². The van der Waals surface area contributed by atoms with E-state index in [1.165, 1.54) is 4.90 Å². The normalized spacial score (nSPS) is 14.5. The second-order valence-electron chi connectivity index (χ2n) is 5.42. The first-order valence-corrected chi connectivity index (χ1v) is 7.54. The van der Waals surface area contributed by atoms with E-state index < -0.39 is 28.0 Å². The molecule has 0 aromatic heterocycles. The number of rotatable bonds is 4. The van der Waals surface area contributed by atoms with E-state index in [-0.39, 0.29) is 11.4 Å². The highest BCUT2D eigenvalue weighted by molar-refractivity contribution is 5.68. The number of hydrogen-bond acceptors (Lipinski definition) is 4. The molecule has 0 unspecified atom stereocenters. The predicted molar refractivity (Wildman–Crippen MR) is 85.3 cm³/mol. The van der Waals surface area contributed by atoms with E-state index in [0.29, 0.717) is 19.2 Å². The molecule has 1 heterocycles. The molecule has 2 aromatic carbocycles. The van der Waals surface area contributed by atoms with Crippen LogP contribution in [0.3, 0.4) is 0 Å². The second-order valence-corrected chi connectivity index (χ2v) is 5.42. The van der Waals surface area contributed by atoms with Gasteiger partial charge in [-0.1, -0.05) is 18.2 Å². The van der Waals surface area contributed by atoms with Gasteiger partial charge in [0.2, 0.25) is 5.75 Å². The van der Waals surface area contributed by atoms with Gasteiger partial charge in [-0.05, 0) is 31.4 Å². The minimum atomic E-state index is -1.10. The number of ether oxygens (including phenoxy) is 1. The van der Waals surface area contributed by atoms with Crippen molar-refractivity contribution in [2.75, 3.05) is 18.0 Å². The molecule has 24 heavy (non-hydrogen) atoms. The number of nitro groups is 1. The highest BCUT2D eigenvalue weighted by Crippen LogP contribution is 2.41. The number of anilines is 1. The lowest BCUT2D eigenvalue weighted by molar-refractivity contribution is -0.384. The topological polar surface area (TPSA) is 55.6 Å². The van der Waals surface area contributed by atoms with E-state index in [4.69, 9.17) is 4.74 Å². The van der Waals surface area contributed by atoms with Gasteiger partial charge in [0, 0.05) is 13.1 Å². The number of benzene rings is 2. The van der Waals surface area contributed by atoms with Crippen molar-refractivity contribution in [1.82, 2.24) is 0 Å². The Balaban J connectivity index is 2.08. The summed E-state index contributed by atoms with van der Waals surface area (Å²) in [7, 11) is 0. The molecule has 125 valence electrons. The molecule has 1 radical (unpaired) electrons. The summed E-state index contributed by atoms with van der Waals surface area (Å²) >= 11 is 0. The largest absolute Gasteiger partial charge is 0.451 e. The van der Waals surface area contributed by atoms with Crippen LogP contribution in [0.1, 0.15) is 12.8 Å². The van der Waals surface area contributed by atoms with Gasteiger partial charge >= 0.3 is 0 Å². The van der Waals surface area contributed by atoms with Crippen LogP contribution in [0.4, 0.5) is 20.2 Å². The van der Waals surface area contributed by atoms with Gasteiger partial charge < -0.3 is 9.64 Å². The summed E-state index contributed by atoms with van der Waals surface area (Å²) in [6.45, 7) is 0.832. The Hall–Kier alpha value is -2.70. The van der Waals surface area contributed by atoms with E-state index >= 15 is 0 Å². The summed E-state index contributed by atoms with van der Waals surface area (Å²) in [5.41, 5.74) is -0.830. The maximum Gasteiger partial charge on any atom is 0.298 e. The maximum atomic E-state index is 14.9. The molecule has 0 saturated carbocycles. The zero-order valence-electron chi connectivity index (χ0n) is 12.7. The molecule has 0 bridgehead atoms. The quantitative estimate of drug-likeness (QED) is 0.612. The summed E-state index contributed by atoms with van der Waals surface area (Å²) in [5, 5.41) is 11.2. The average Bonchev–Trinajstić information content (AvgIpc) is 2.59. The van der Waals surface area contributed by atoms with Crippen LogP contribution in [-0.4, -0.2) is 18.0 Å². The molecular weight excluding hydrogens is 318 g/mol. The second kappa shape index (κ2) is 6.82. The van der Waals surface area contributed by atoms with Gasteiger partial charge in [-0.3, -0.25) is 10.1 Å². The van der Waals surface area contributed by atoms with Crippen molar-refractivity contribution in [1.29, 1.82) is 0 Å². The lowest BCUT2D eigenvalue weighted by Gasteiger charge is -2.29. The fourth-order valence-electron chi connectivity index (χ4n) is 2.69. The molecule has 0 amide bonds. The lowest BCUT2D eigenvalue weighted by atomic mass is 10.1. The van der Waals surface area contributed by atoms with E-state index in [1.54, 1.807) is 30.3 Å². The van der Waals surface area contributed by atoms with Crippen LogP contribution in [0.25, 0.3) is 0 Å². The molecule has 3 rings (SSSR count). The van der Waals surface area contributed by atoms with Crippen molar-refractivity contribution in [3.8, 4) is 11.5 Å². The number of nitrogens with zero attached hydrogens (tertiary/aromatic N) is 2.